The van der Waals surface area contributed by atoms with Crippen molar-refractivity contribution >= 4 is 40.1 Å². The van der Waals surface area contributed by atoms with E-state index >= 15 is 0 Å². The van der Waals surface area contributed by atoms with Gasteiger partial charge in [-0.15, -0.1) is 6.58 Å². The highest BCUT2D eigenvalue weighted by Crippen LogP contribution is 2.31. The number of fused-ring (bicyclic) bond motifs is 1. The van der Waals surface area contributed by atoms with Crippen LogP contribution in [0.3, 0.4) is 0 Å². The number of halogens is 1. The summed E-state index contributed by atoms with van der Waals surface area (Å²) in [6.07, 6.45) is 1.76. The zero-order valence-corrected chi connectivity index (χ0v) is 18.3. The van der Waals surface area contributed by atoms with Gasteiger partial charge >= 0.3 is 5.97 Å². The number of allylic oxidation sites excluding steroid dienone is 1. The van der Waals surface area contributed by atoms with Crippen LogP contribution in [-0.2, 0) is 11.3 Å². The van der Waals surface area contributed by atoms with E-state index in [0.717, 1.165) is 16.5 Å². The van der Waals surface area contributed by atoms with E-state index in [-0.39, 0.29) is 5.91 Å². The number of anilines is 1. The van der Waals surface area contributed by atoms with Gasteiger partial charge in [0.25, 0.3) is 5.91 Å². The molecule has 0 spiro atoms. The summed E-state index contributed by atoms with van der Waals surface area (Å²) in [4.78, 5) is 25.1. The number of hydrogen-bond donors (Lipinski definition) is 1. The van der Waals surface area contributed by atoms with Gasteiger partial charge in [0.1, 0.15) is 5.69 Å². The fourth-order valence-corrected chi connectivity index (χ4v) is 3.72. The molecule has 0 aliphatic rings. The van der Waals surface area contributed by atoms with E-state index in [9.17, 15) is 9.59 Å². The van der Waals surface area contributed by atoms with Crippen LogP contribution >= 0.6 is 11.6 Å². The first-order chi connectivity index (χ1) is 14.3. The highest BCUT2D eigenvalue weighted by atomic mass is 35.5. The number of rotatable bonds is 6. The van der Waals surface area contributed by atoms with Gasteiger partial charge in [-0.2, -0.15) is 0 Å². The number of carbonyl (C=O) groups excluding carboxylic acids is 2. The van der Waals surface area contributed by atoms with Crippen molar-refractivity contribution in [2.24, 2.45) is 0 Å². The Balaban J connectivity index is 2.08. The van der Waals surface area contributed by atoms with Gasteiger partial charge < -0.3 is 14.6 Å². The van der Waals surface area contributed by atoms with Gasteiger partial charge in [0, 0.05) is 17.4 Å². The summed E-state index contributed by atoms with van der Waals surface area (Å²) in [6.45, 7) is 10.5. The number of esters is 1. The molecule has 0 unspecified atom stereocenters. The maximum absolute atomic E-state index is 13.3. The number of methoxy groups -OCH3 is 1. The van der Waals surface area contributed by atoms with Crippen LogP contribution < -0.4 is 5.32 Å². The molecule has 3 aromatic rings. The lowest BCUT2D eigenvalue weighted by Crippen LogP contribution is -2.18. The molecule has 1 N–H and O–H groups in total. The Labute approximate surface area is 181 Å². The molecule has 0 atom stereocenters. The Bertz CT molecular complexity index is 1150. The highest BCUT2D eigenvalue weighted by molar-refractivity contribution is 6.34. The summed E-state index contributed by atoms with van der Waals surface area (Å²) in [7, 11) is 1.30. The molecule has 0 aliphatic heterocycles. The molecule has 1 aromatic heterocycles. The highest BCUT2D eigenvalue weighted by Gasteiger charge is 2.21. The molecule has 1 heterocycles. The molecule has 6 heteroatoms. The molecule has 5 nitrogen and oxygen atoms in total. The maximum atomic E-state index is 13.3. The summed E-state index contributed by atoms with van der Waals surface area (Å²) in [5.41, 5.74) is 4.25. The first-order valence-electron chi connectivity index (χ1n) is 9.71. The lowest BCUT2D eigenvalue weighted by atomic mass is 10.0. The molecule has 156 valence electrons. The standard InChI is InChI=1S/C24H25ClN2O3/c1-6-11-27-21-10-8-16(14(2)3)12-18(21)15(4)22(27)23(28)26-20-13-17(24(29)30-5)7-9-19(20)25/h6-10,12-14H,1,11H2,2-5H3,(H,26,28). The minimum Gasteiger partial charge on any atom is -0.465 e. The molecule has 0 saturated carbocycles. The zero-order valence-electron chi connectivity index (χ0n) is 17.6. The van der Waals surface area contributed by atoms with Gasteiger partial charge in [0.2, 0.25) is 0 Å². The van der Waals surface area contributed by atoms with Gasteiger partial charge in [-0.1, -0.05) is 37.6 Å². The van der Waals surface area contributed by atoms with E-state index in [1.165, 1.54) is 18.7 Å². The number of ether oxygens (including phenoxy) is 1. The molecule has 2 aromatic carbocycles. The molecule has 0 fully saturated rings. The average Bonchev–Trinajstić information content (AvgIpc) is 3.00. The van der Waals surface area contributed by atoms with Crippen molar-refractivity contribution in [3.63, 3.8) is 0 Å². The molecular formula is C24H25ClN2O3. The second-order valence-electron chi connectivity index (χ2n) is 7.44. The van der Waals surface area contributed by atoms with Gasteiger partial charge in [-0.25, -0.2) is 4.79 Å². The summed E-state index contributed by atoms with van der Waals surface area (Å²) in [5.74, 6) is -0.422. The monoisotopic (exact) mass is 424 g/mol. The van der Waals surface area contributed by atoms with E-state index in [1.807, 2.05) is 17.6 Å². The van der Waals surface area contributed by atoms with Crippen LogP contribution in [0.2, 0.25) is 5.02 Å². The van der Waals surface area contributed by atoms with Gasteiger partial charge in [-0.3, -0.25) is 4.79 Å². The van der Waals surface area contributed by atoms with Crippen LogP contribution in [0.25, 0.3) is 10.9 Å². The van der Waals surface area contributed by atoms with E-state index in [1.54, 1.807) is 18.2 Å². The quantitative estimate of drug-likeness (QED) is 0.392. The minimum absolute atomic E-state index is 0.305. The van der Waals surface area contributed by atoms with Crippen molar-refractivity contribution < 1.29 is 14.3 Å². The number of carbonyl (C=O) groups is 2. The van der Waals surface area contributed by atoms with E-state index < -0.39 is 5.97 Å². The molecular weight excluding hydrogens is 400 g/mol. The van der Waals surface area contributed by atoms with E-state index in [0.29, 0.717) is 34.4 Å². The Kier molecular flexibility index (Phi) is 6.32. The van der Waals surface area contributed by atoms with Crippen LogP contribution in [0.5, 0.6) is 0 Å². The second-order valence-corrected chi connectivity index (χ2v) is 7.85. The van der Waals surface area contributed by atoms with E-state index in [2.05, 4.69) is 37.9 Å². The van der Waals surface area contributed by atoms with Gasteiger partial charge in [0.05, 0.1) is 23.4 Å². The molecule has 0 saturated heterocycles. The first kappa shape index (κ1) is 21.7. The molecule has 3 rings (SSSR count). The SMILES string of the molecule is C=CCn1c(C(=O)Nc2cc(C(=O)OC)ccc2Cl)c(C)c2cc(C(C)C)ccc21. The number of benzene rings is 2. The third kappa shape index (κ3) is 3.98. The summed E-state index contributed by atoms with van der Waals surface area (Å²) < 4.78 is 6.69. The lowest BCUT2D eigenvalue weighted by Gasteiger charge is -2.12. The van der Waals surface area contributed by atoms with Crippen molar-refractivity contribution in [3.8, 4) is 0 Å². The average molecular weight is 425 g/mol. The first-order valence-corrected chi connectivity index (χ1v) is 10.1. The largest absolute Gasteiger partial charge is 0.465 e. The third-order valence-corrected chi connectivity index (χ3v) is 5.50. The second kappa shape index (κ2) is 8.76. The lowest BCUT2D eigenvalue weighted by molar-refractivity contribution is 0.0600. The fourth-order valence-electron chi connectivity index (χ4n) is 3.56. The number of nitrogens with one attached hydrogen (secondary N) is 1. The molecule has 0 radical (unpaired) electrons. The van der Waals surface area contributed by atoms with Crippen molar-refractivity contribution in [1.29, 1.82) is 0 Å². The van der Waals surface area contributed by atoms with Crippen molar-refractivity contribution in [2.45, 2.75) is 33.2 Å². The topological polar surface area (TPSA) is 60.3 Å². The number of hydrogen-bond acceptors (Lipinski definition) is 3. The predicted octanol–water partition coefficient (Wildman–Crippen LogP) is 5.95. The zero-order chi connectivity index (χ0) is 22.0. The fraction of sp³-hybridized carbons (Fsp3) is 0.250. The Hall–Kier alpha value is -3.05. The Morgan fingerprint density at radius 1 is 1.23 bits per heavy atom. The van der Waals surface area contributed by atoms with Crippen LogP contribution in [0, 0.1) is 6.92 Å². The summed E-state index contributed by atoms with van der Waals surface area (Å²) >= 11 is 6.26. The minimum atomic E-state index is -0.500. The smallest absolute Gasteiger partial charge is 0.337 e. The van der Waals surface area contributed by atoms with Crippen LogP contribution in [0.4, 0.5) is 5.69 Å². The van der Waals surface area contributed by atoms with Crippen molar-refractivity contribution in [1.82, 2.24) is 4.57 Å². The van der Waals surface area contributed by atoms with Crippen LogP contribution in [-0.4, -0.2) is 23.6 Å². The number of aromatic nitrogens is 1. The van der Waals surface area contributed by atoms with Crippen molar-refractivity contribution in [3.05, 3.63) is 76.5 Å². The van der Waals surface area contributed by atoms with Gasteiger partial charge in [-0.05, 0) is 54.3 Å². The van der Waals surface area contributed by atoms with E-state index in [4.69, 9.17) is 16.3 Å². The number of amides is 1. The third-order valence-electron chi connectivity index (χ3n) is 5.17. The normalized spacial score (nSPS) is 11.0. The number of aryl methyl sites for hydroxylation is 1. The van der Waals surface area contributed by atoms with Gasteiger partial charge in [0.15, 0.2) is 0 Å². The molecule has 0 aliphatic carbocycles. The van der Waals surface area contributed by atoms with Crippen LogP contribution in [0.15, 0.2) is 49.1 Å². The predicted molar refractivity (Wildman–Crippen MR) is 122 cm³/mol. The molecule has 0 bridgehead atoms. The Morgan fingerprint density at radius 2 is 1.97 bits per heavy atom. The van der Waals surface area contributed by atoms with Crippen molar-refractivity contribution in [2.75, 3.05) is 12.4 Å². The maximum Gasteiger partial charge on any atom is 0.337 e. The van der Waals surface area contributed by atoms with Crippen LogP contribution in [0.1, 0.15) is 51.7 Å². The summed E-state index contributed by atoms with van der Waals surface area (Å²) in [6, 6.07) is 10.9. The molecule has 30 heavy (non-hydrogen) atoms. The molecule has 1 amide bonds. The number of nitrogens with zero attached hydrogens (tertiary/aromatic N) is 1. The summed E-state index contributed by atoms with van der Waals surface area (Å²) in [5, 5.41) is 4.22. The Morgan fingerprint density at radius 3 is 2.60 bits per heavy atom.